The van der Waals surface area contributed by atoms with Gasteiger partial charge in [0, 0.05) is 56.3 Å². The second-order valence-electron chi connectivity index (χ2n) is 10.0. The first-order valence-corrected chi connectivity index (χ1v) is 12.1. The van der Waals surface area contributed by atoms with Gasteiger partial charge in [0.2, 0.25) is 11.9 Å². The fraction of sp³-hybridized carbons (Fsp3) is 0.423. The van der Waals surface area contributed by atoms with Gasteiger partial charge < -0.3 is 20.6 Å². The van der Waals surface area contributed by atoms with Crippen molar-refractivity contribution in [2.24, 2.45) is 5.92 Å². The van der Waals surface area contributed by atoms with Crippen LogP contribution in [0.3, 0.4) is 0 Å². The number of aryl methyl sites for hydroxylation is 1. The number of nitrogens with one attached hydrogen (secondary N) is 2. The average Bonchev–Trinajstić information content (AvgIpc) is 3.40. The number of aliphatic hydroxyl groups is 1. The summed E-state index contributed by atoms with van der Waals surface area (Å²) in [5, 5.41) is 30.9. The third-order valence-corrected chi connectivity index (χ3v) is 7.20. The molecule has 2 aliphatic rings. The smallest absolute Gasteiger partial charge is 0.228 e. The number of piperidine rings is 1. The lowest BCUT2D eigenvalue weighted by atomic mass is 9.83. The number of carbonyl (C=O) groups excluding carboxylic acids is 1. The third-order valence-electron chi connectivity index (χ3n) is 7.20. The minimum atomic E-state index is -0.468. The molecular formula is C26H30N8O2. The minimum Gasteiger partial charge on any atom is -0.395 e. The molecule has 3 N–H and O–H groups in total. The number of hydrogen-bond acceptors (Lipinski definition) is 8. The highest BCUT2D eigenvalue weighted by atomic mass is 16.3. The zero-order valence-corrected chi connectivity index (χ0v) is 20.7. The van der Waals surface area contributed by atoms with Crippen molar-refractivity contribution in [2.45, 2.75) is 38.6 Å². The predicted octanol–water partition coefficient (Wildman–Crippen LogP) is 2.81. The zero-order valence-electron chi connectivity index (χ0n) is 20.7. The molecule has 1 aromatic carbocycles. The van der Waals surface area contributed by atoms with Crippen molar-refractivity contribution in [3.8, 4) is 17.3 Å². The van der Waals surface area contributed by atoms with Gasteiger partial charge in [0.15, 0.2) is 0 Å². The van der Waals surface area contributed by atoms with Gasteiger partial charge in [0.1, 0.15) is 11.9 Å². The summed E-state index contributed by atoms with van der Waals surface area (Å²) in [5.41, 5.74) is 4.06. The molecule has 186 valence electrons. The second-order valence-corrected chi connectivity index (χ2v) is 10.0. The van der Waals surface area contributed by atoms with E-state index in [0.717, 1.165) is 41.3 Å². The first-order valence-electron chi connectivity index (χ1n) is 12.1. The van der Waals surface area contributed by atoms with Gasteiger partial charge in [-0.25, -0.2) is 14.6 Å². The number of amides is 1. The number of fused-ring (bicyclic) bond motifs is 1. The molecule has 2 aliphatic heterocycles. The molecule has 0 bridgehead atoms. The monoisotopic (exact) mass is 486 g/mol. The normalized spacial score (nSPS) is 21.1. The van der Waals surface area contributed by atoms with E-state index < -0.39 is 5.41 Å². The minimum absolute atomic E-state index is 0.0237. The number of benzene rings is 1. The highest BCUT2D eigenvalue weighted by molar-refractivity contribution is 5.77. The molecule has 1 fully saturated rings. The van der Waals surface area contributed by atoms with Crippen molar-refractivity contribution >= 4 is 23.4 Å². The molecule has 1 unspecified atom stereocenters. The Labute approximate surface area is 210 Å². The fourth-order valence-corrected chi connectivity index (χ4v) is 4.95. The Bertz CT molecular complexity index is 1360. The van der Waals surface area contributed by atoms with Crippen LogP contribution in [0.2, 0.25) is 0 Å². The van der Waals surface area contributed by atoms with E-state index in [9.17, 15) is 15.2 Å². The molecule has 2 aromatic heterocycles. The molecule has 0 saturated carbocycles. The van der Waals surface area contributed by atoms with Crippen molar-refractivity contribution < 1.29 is 9.90 Å². The van der Waals surface area contributed by atoms with Crippen LogP contribution in [0, 0.1) is 24.2 Å². The van der Waals surface area contributed by atoms with Gasteiger partial charge in [0.05, 0.1) is 29.2 Å². The molecule has 36 heavy (non-hydrogen) atoms. The first-order chi connectivity index (χ1) is 17.3. The van der Waals surface area contributed by atoms with Crippen LogP contribution in [0.15, 0.2) is 30.5 Å². The number of aromatic nitrogens is 4. The van der Waals surface area contributed by atoms with Gasteiger partial charge in [0.25, 0.3) is 0 Å². The number of rotatable bonds is 6. The Morgan fingerprint density at radius 3 is 2.94 bits per heavy atom. The zero-order chi connectivity index (χ0) is 25.4. The van der Waals surface area contributed by atoms with Crippen LogP contribution in [-0.2, 0) is 16.8 Å². The summed E-state index contributed by atoms with van der Waals surface area (Å²) < 4.78 is 1.89. The van der Waals surface area contributed by atoms with Crippen LogP contribution in [-0.4, -0.2) is 62.4 Å². The molecule has 2 atom stereocenters. The Morgan fingerprint density at radius 2 is 2.19 bits per heavy atom. The maximum Gasteiger partial charge on any atom is 0.228 e. The summed E-state index contributed by atoms with van der Waals surface area (Å²) in [6.07, 6.45) is 3.13. The summed E-state index contributed by atoms with van der Waals surface area (Å²) in [6.45, 7) is 5.85. The van der Waals surface area contributed by atoms with E-state index in [-0.39, 0.29) is 18.4 Å². The van der Waals surface area contributed by atoms with Gasteiger partial charge in [-0.1, -0.05) is 6.92 Å². The van der Waals surface area contributed by atoms with Gasteiger partial charge in [-0.3, -0.25) is 4.79 Å². The van der Waals surface area contributed by atoms with Crippen LogP contribution >= 0.6 is 0 Å². The molecule has 4 heterocycles. The van der Waals surface area contributed by atoms with E-state index in [1.165, 1.54) is 0 Å². The van der Waals surface area contributed by atoms with Crippen molar-refractivity contribution in [2.75, 3.05) is 37.4 Å². The standard InChI is InChI=1S/C26H30N8O2/c1-16-8-22(34(32-16)13-17-5-7-33(3)23(36)9-17)31-25-28-6-4-21(30-25)18-10-19(12-27)24-20(11-18)26(2,15-35)14-29-24/h4,6,8,10-11,17,29,35H,5,7,9,13-15H2,1-3H3,(H,28,30,31)/t17?,26-/m1/s1. The summed E-state index contributed by atoms with van der Waals surface area (Å²) in [4.78, 5) is 23.0. The lowest BCUT2D eigenvalue weighted by Gasteiger charge is -2.28. The molecule has 10 heteroatoms. The van der Waals surface area contributed by atoms with E-state index in [1.54, 1.807) is 17.2 Å². The Morgan fingerprint density at radius 1 is 1.36 bits per heavy atom. The summed E-state index contributed by atoms with van der Waals surface area (Å²) in [7, 11) is 1.84. The number of nitriles is 1. The molecule has 5 rings (SSSR count). The first kappa shape index (κ1) is 23.8. The van der Waals surface area contributed by atoms with Gasteiger partial charge >= 0.3 is 0 Å². The number of carbonyl (C=O) groups is 1. The van der Waals surface area contributed by atoms with Crippen molar-refractivity contribution in [3.63, 3.8) is 0 Å². The van der Waals surface area contributed by atoms with Crippen molar-refractivity contribution in [1.82, 2.24) is 24.6 Å². The van der Waals surface area contributed by atoms with Gasteiger partial charge in [-0.15, -0.1) is 0 Å². The predicted molar refractivity (Wildman–Crippen MR) is 136 cm³/mol. The van der Waals surface area contributed by atoms with Crippen LogP contribution in [0.1, 0.15) is 36.6 Å². The van der Waals surface area contributed by atoms with Crippen molar-refractivity contribution in [3.05, 3.63) is 47.3 Å². The molecule has 0 radical (unpaired) electrons. The Balaban J connectivity index is 1.42. The van der Waals surface area contributed by atoms with Crippen molar-refractivity contribution in [1.29, 1.82) is 5.26 Å². The maximum absolute atomic E-state index is 12.1. The van der Waals surface area contributed by atoms with Crippen LogP contribution in [0.5, 0.6) is 0 Å². The fourth-order valence-electron chi connectivity index (χ4n) is 4.95. The molecular weight excluding hydrogens is 456 g/mol. The largest absolute Gasteiger partial charge is 0.395 e. The quantitative estimate of drug-likeness (QED) is 0.485. The molecule has 0 aliphatic carbocycles. The molecule has 1 amide bonds. The summed E-state index contributed by atoms with van der Waals surface area (Å²) in [6, 6.07) is 9.81. The lowest BCUT2D eigenvalue weighted by Crippen LogP contribution is -2.37. The van der Waals surface area contributed by atoms with E-state index in [4.69, 9.17) is 4.98 Å². The van der Waals surface area contributed by atoms with E-state index in [2.05, 4.69) is 26.8 Å². The number of nitrogens with zero attached hydrogens (tertiary/aromatic N) is 6. The number of hydrogen-bond donors (Lipinski definition) is 3. The number of aliphatic hydroxyl groups excluding tert-OH is 1. The molecule has 3 aromatic rings. The molecule has 0 spiro atoms. The molecule has 1 saturated heterocycles. The lowest BCUT2D eigenvalue weighted by molar-refractivity contribution is -0.133. The van der Waals surface area contributed by atoms with Gasteiger partial charge in [-0.05, 0) is 43.0 Å². The topological polar surface area (TPSA) is 132 Å². The van der Waals surface area contributed by atoms with Crippen LogP contribution < -0.4 is 10.6 Å². The number of likely N-dealkylation sites (tertiary alicyclic amines) is 1. The SMILES string of the molecule is Cc1cc(Nc2nccc(-c3cc(C#N)c4c(c3)[C@@](C)(CO)CN4)n2)n(CC2CCN(C)C(=O)C2)n1. The second kappa shape index (κ2) is 9.24. The van der Waals surface area contributed by atoms with E-state index in [0.29, 0.717) is 36.7 Å². The van der Waals surface area contributed by atoms with Crippen LogP contribution in [0.25, 0.3) is 11.3 Å². The highest BCUT2D eigenvalue weighted by Crippen LogP contribution is 2.41. The summed E-state index contributed by atoms with van der Waals surface area (Å²) >= 11 is 0. The third kappa shape index (κ3) is 4.38. The van der Waals surface area contributed by atoms with Gasteiger partial charge in [-0.2, -0.15) is 10.4 Å². The summed E-state index contributed by atoms with van der Waals surface area (Å²) in [5.74, 6) is 1.57. The highest BCUT2D eigenvalue weighted by Gasteiger charge is 2.36. The Hall–Kier alpha value is -3.97. The molecule has 10 nitrogen and oxygen atoms in total. The average molecular weight is 487 g/mol. The Kier molecular flexibility index (Phi) is 6.10. The number of anilines is 3. The van der Waals surface area contributed by atoms with E-state index >= 15 is 0 Å². The maximum atomic E-state index is 12.1. The van der Waals surface area contributed by atoms with E-state index in [1.807, 2.05) is 43.8 Å². The van der Waals surface area contributed by atoms with Crippen LogP contribution in [0.4, 0.5) is 17.5 Å².